The minimum absolute atomic E-state index is 0.715. The van der Waals surface area contributed by atoms with Gasteiger partial charge in [-0.25, -0.2) is 0 Å². The lowest BCUT2D eigenvalue weighted by Gasteiger charge is -2.12. The van der Waals surface area contributed by atoms with E-state index >= 15 is 0 Å². The zero-order valence-corrected chi connectivity index (χ0v) is 12.8. The number of halogens is 1. The normalized spacial score (nSPS) is 14.6. The quantitative estimate of drug-likeness (QED) is 0.662. The molecule has 0 spiro atoms. The molecule has 0 amide bonds. The van der Waals surface area contributed by atoms with E-state index in [1.54, 1.807) is 0 Å². The number of fused-ring (bicyclic) bond motifs is 1. The van der Waals surface area contributed by atoms with Gasteiger partial charge in [-0.05, 0) is 53.5 Å². The monoisotopic (exact) mass is 325 g/mol. The van der Waals surface area contributed by atoms with Crippen LogP contribution in [0.2, 0.25) is 0 Å². The van der Waals surface area contributed by atoms with Crippen LogP contribution >= 0.6 is 15.9 Å². The molecule has 1 aromatic rings. The van der Waals surface area contributed by atoms with Crippen molar-refractivity contribution in [2.45, 2.75) is 26.3 Å². The second-order valence-corrected chi connectivity index (χ2v) is 5.34. The molecule has 4 heteroatoms. The Bertz CT molecular complexity index is 446. The van der Waals surface area contributed by atoms with Crippen molar-refractivity contribution in [3.05, 3.63) is 34.3 Å². The molecular formula is C15H20BrNO2. The minimum Gasteiger partial charge on any atom is -0.490 e. The van der Waals surface area contributed by atoms with E-state index in [1.807, 2.05) is 6.92 Å². The van der Waals surface area contributed by atoms with Crippen molar-refractivity contribution in [3.8, 4) is 11.5 Å². The van der Waals surface area contributed by atoms with E-state index in [-0.39, 0.29) is 0 Å². The van der Waals surface area contributed by atoms with Gasteiger partial charge < -0.3 is 14.8 Å². The van der Waals surface area contributed by atoms with Crippen LogP contribution < -0.4 is 14.8 Å². The Balaban J connectivity index is 1.98. The molecule has 0 saturated heterocycles. The summed E-state index contributed by atoms with van der Waals surface area (Å²) in [5.74, 6) is 1.67. The Morgan fingerprint density at radius 1 is 1.32 bits per heavy atom. The molecule has 1 aromatic carbocycles. The SMILES string of the molecule is C/C=C/CCNCc1cc(Br)c2c(c1)OCCCO2. The topological polar surface area (TPSA) is 30.5 Å². The fourth-order valence-corrected chi connectivity index (χ4v) is 2.57. The van der Waals surface area contributed by atoms with Gasteiger partial charge in [-0.15, -0.1) is 0 Å². The fourth-order valence-electron chi connectivity index (χ4n) is 1.97. The molecule has 1 aliphatic heterocycles. The van der Waals surface area contributed by atoms with Crippen LogP contribution in [-0.4, -0.2) is 19.8 Å². The van der Waals surface area contributed by atoms with Crippen molar-refractivity contribution >= 4 is 15.9 Å². The van der Waals surface area contributed by atoms with E-state index in [0.29, 0.717) is 6.61 Å². The fraction of sp³-hybridized carbons (Fsp3) is 0.467. The Hall–Kier alpha value is -1.00. The van der Waals surface area contributed by atoms with Gasteiger partial charge in [-0.1, -0.05) is 12.2 Å². The van der Waals surface area contributed by atoms with Crippen molar-refractivity contribution in [2.24, 2.45) is 0 Å². The summed E-state index contributed by atoms with van der Waals surface area (Å²) in [6, 6.07) is 4.16. The molecule has 0 radical (unpaired) electrons. The first-order chi connectivity index (χ1) is 9.31. The van der Waals surface area contributed by atoms with E-state index in [0.717, 1.165) is 48.5 Å². The highest BCUT2D eigenvalue weighted by atomic mass is 79.9. The number of hydrogen-bond donors (Lipinski definition) is 1. The Kier molecular flexibility index (Phi) is 5.73. The van der Waals surface area contributed by atoms with Crippen LogP contribution in [-0.2, 0) is 6.54 Å². The zero-order valence-electron chi connectivity index (χ0n) is 11.2. The van der Waals surface area contributed by atoms with Crippen LogP contribution in [0.25, 0.3) is 0 Å². The van der Waals surface area contributed by atoms with E-state index in [9.17, 15) is 0 Å². The van der Waals surface area contributed by atoms with Crippen molar-refractivity contribution in [1.29, 1.82) is 0 Å². The van der Waals surface area contributed by atoms with Gasteiger partial charge in [-0.2, -0.15) is 0 Å². The summed E-state index contributed by atoms with van der Waals surface area (Å²) in [5, 5.41) is 3.42. The zero-order chi connectivity index (χ0) is 13.5. The molecule has 0 saturated carbocycles. The standard InChI is InChI=1S/C15H20BrNO2/c1-2-3-4-6-17-11-12-9-13(16)15-14(10-12)18-7-5-8-19-15/h2-3,9-10,17H,4-8,11H2,1H3/b3-2+. The number of ether oxygens (including phenoxy) is 2. The molecule has 2 rings (SSSR count). The Morgan fingerprint density at radius 3 is 3.00 bits per heavy atom. The van der Waals surface area contributed by atoms with Crippen molar-refractivity contribution in [3.63, 3.8) is 0 Å². The van der Waals surface area contributed by atoms with E-state index in [2.05, 4.69) is 45.5 Å². The lowest BCUT2D eigenvalue weighted by Crippen LogP contribution is -2.14. The molecule has 0 bridgehead atoms. The maximum atomic E-state index is 5.72. The largest absolute Gasteiger partial charge is 0.490 e. The third-order valence-corrected chi connectivity index (χ3v) is 3.50. The van der Waals surface area contributed by atoms with E-state index in [4.69, 9.17) is 9.47 Å². The first kappa shape index (κ1) is 14.4. The third-order valence-electron chi connectivity index (χ3n) is 2.91. The van der Waals surface area contributed by atoms with Gasteiger partial charge in [0, 0.05) is 13.0 Å². The van der Waals surface area contributed by atoms with Crippen LogP contribution in [0.3, 0.4) is 0 Å². The lowest BCUT2D eigenvalue weighted by molar-refractivity contribution is 0.296. The molecule has 19 heavy (non-hydrogen) atoms. The first-order valence-corrected chi connectivity index (χ1v) is 7.50. The van der Waals surface area contributed by atoms with Gasteiger partial charge in [0.15, 0.2) is 11.5 Å². The van der Waals surface area contributed by atoms with Crippen LogP contribution in [0, 0.1) is 0 Å². The maximum absolute atomic E-state index is 5.72. The molecule has 1 aliphatic rings. The van der Waals surface area contributed by atoms with E-state index in [1.165, 1.54) is 5.56 Å². The molecule has 104 valence electrons. The number of hydrogen-bond acceptors (Lipinski definition) is 3. The summed E-state index contributed by atoms with van der Waals surface area (Å²) in [4.78, 5) is 0. The molecule has 1 N–H and O–H groups in total. The second-order valence-electron chi connectivity index (χ2n) is 4.49. The molecule has 0 aliphatic carbocycles. The molecular weight excluding hydrogens is 306 g/mol. The van der Waals surface area contributed by atoms with Crippen molar-refractivity contribution in [2.75, 3.05) is 19.8 Å². The average Bonchev–Trinajstić information content (AvgIpc) is 2.64. The Labute approximate surface area is 123 Å². The predicted octanol–water partition coefficient (Wildman–Crippen LogP) is 3.67. The minimum atomic E-state index is 0.715. The van der Waals surface area contributed by atoms with E-state index < -0.39 is 0 Å². The van der Waals surface area contributed by atoms with Gasteiger partial charge in [0.05, 0.1) is 17.7 Å². The molecule has 0 aromatic heterocycles. The summed E-state index contributed by atoms with van der Waals surface area (Å²) < 4.78 is 12.4. The average molecular weight is 326 g/mol. The molecule has 0 fully saturated rings. The summed E-state index contributed by atoms with van der Waals surface area (Å²) in [6.07, 6.45) is 6.23. The van der Waals surface area contributed by atoms with Gasteiger partial charge in [0.1, 0.15) is 0 Å². The predicted molar refractivity (Wildman–Crippen MR) is 80.9 cm³/mol. The number of allylic oxidation sites excluding steroid dienone is 1. The number of rotatable bonds is 5. The van der Waals surface area contributed by atoms with Crippen molar-refractivity contribution in [1.82, 2.24) is 5.32 Å². The van der Waals surface area contributed by atoms with Gasteiger partial charge in [-0.3, -0.25) is 0 Å². The van der Waals surface area contributed by atoms with Crippen LogP contribution in [0.15, 0.2) is 28.8 Å². The first-order valence-electron chi connectivity index (χ1n) is 6.71. The smallest absolute Gasteiger partial charge is 0.175 e. The Morgan fingerprint density at radius 2 is 2.16 bits per heavy atom. The molecule has 1 heterocycles. The highest BCUT2D eigenvalue weighted by Gasteiger charge is 2.14. The van der Waals surface area contributed by atoms with Gasteiger partial charge in [0.2, 0.25) is 0 Å². The van der Waals surface area contributed by atoms with Crippen LogP contribution in [0.1, 0.15) is 25.3 Å². The number of nitrogens with one attached hydrogen (secondary N) is 1. The third kappa shape index (κ3) is 4.25. The maximum Gasteiger partial charge on any atom is 0.175 e. The lowest BCUT2D eigenvalue weighted by atomic mass is 10.2. The molecule has 0 atom stereocenters. The van der Waals surface area contributed by atoms with Gasteiger partial charge >= 0.3 is 0 Å². The highest BCUT2D eigenvalue weighted by Crippen LogP contribution is 2.38. The van der Waals surface area contributed by atoms with Crippen LogP contribution in [0.4, 0.5) is 0 Å². The second kappa shape index (κ2) is 7.56. The summed E-state index contributed by atoms with van der Waals surface area (Å²) in [6.45, 7) is 5.30. The molecule has 0 unspecified atom stereocenters. The molecule has 3 nitrogen and oxygen atoms in total. The summed E-state index contributed by atoms with van der Waals surface area (Å²) >= 11 is 3.56. The summed E-state index contributed by atoms with van der Waals surface area (Å²) in [5.41, 5.74) is 1.21. The van der Waals surface area contributed by atoms with Crippen LogP contribution in [0.5, 0.6) is 11.5 Å². The van der Waals surface area contributed by atoms with Gasteiger partial charge in [0.25, 0.3) is 0 Å². The highest BCUT2D eigenvalue weighted by molar-refractivity contribution is 9.10. The van der Waals surface area contributed by atoms with Crippen molar-refractivity contribution < 1.29 is 9.47 Å². The number of benzene rings is 1. The summed E-state index contributed by atoms with van der Waals surface area (Å²) in [7, 11) is 0.